The Labute approximate surface area is 339 Å². The van der Waals surface area contributed by atoms with Gasteiger partial charge < -0.3 is 9.47 Å². The normalized spacial score (nSPS) is 12.2. The molecule has 58 heavy (non-hydrogen) atoms. The van der Waals surface area contributed by atoms with E-state index >= 15 is 0 Å². The number of aromatic nitrogens is 1. The van der Waals surface area contributed by atoms with Gasteiger partial charge in [0.1, 0.15) is 0 Å². The van der Waals surface area contributed by atoms with Crippen LogP contribution in [0.2, 0.25) is 0 Å². The Bertz CT molecular complexity index is 3180. The molecule has 0 bridgehead atoms. The quantitative estimate of drug-likeness (QED) is 0.111. The molecule has 9 aromatic carbocycles. The van der Waals surface area contributed by atoms with Gasteiger partial charge in [0.15, 0.2) is 0 Å². The summed E-state index contributed by atoms with van der Waals surface area (Å²) >= 11 is 0. The molecule has 276 valence electrons. The van der Waals surface area contributed by atoms with Gasteiger partial charge in [-0.05, 0) is 118 Å². The fraction of sp³-hybridized carbons (Fsp3) is 0.0357. The minimum Gasteiger partial charge on any atom is -0.314 e. The van der Waals surface area contributed by atoms with Crippen molar-refractivity contribution >= 4 is 60.3 Å². The SMILES string of the molecule is C/C(=C\C=C(/C)N(c1cccc(-c2cccc(-n3c4ccccc4c4cc(-c5ccccc5)ccc43)c2)c1)c1cccc2ccc3ccccc3c12)c1ccccc1. The van der Waals surface area contributed by atoms with Crippen LogP contribution >= 0.6 is 0 Å². The summed E-state index contributed by atoms with van der Waals surface area (Å²) in [6.45, 7) is 4.40. The number of benzene rings is 9. The molecule has 1 heterocycles. The summed E-state index contributed by atoms with van der Waals surface area (Å²) in [5.41, 5.74) is 14.1. The van der Waals surface area contributed by atoms with Crippen molar-refractivity contribution in [3.05, 3.63) is 230 Å². The van der Waals surface area contributed by atoms with Gasteiger partial charge >= 0.3 is 0 Å². The van der Waals surface area contributed by atoms with Gasteiger partial charge in [0.05, 0.1) is 16.7 Å². The molecule has 0 spiro atoms. The average molecular weight is 743 g/mol. The van der Waals surface area contributed by atoms with E-state index in [1.165, 1.54) is 65.6 Å². The molecule has 0 aliphatic carbocycles. The van der Waals surface area contributed by atoms with Crippen LogP contribution in [-0.2, 0) is 0 Å². The molecule has 1 aromatic heterocycles. The van der Waals surface area contributed by atoms with Crippen molar-refractivity contribution in [1.29, 1.82) is 0 Å². The Morgan fingerprint density at radius 2 is 1.05 bits per heavy atom. The summed E-state index contributed by atoms with van der Waals surface area (Å²) in [5, 5.41) is 7.44. The van der Waals surface area contributed by atoms with Crippen molar-refractivity contribution in [3.8, 4) is 27.9 Å². The van der Waals surface area contributed by atoms with Gasteiger partial charge in [0, 0.05) is 33.2 Å². The van der Waals surface area contributed by atoms with E-state index in [1.54, 1.807) is 0 Å². The summed E-state index contributed by atoms with van der Waals surface area (Å²) in [6.07, 6.45) is 4.49. The van der Waals surface area contributed by atoms with E-state index in [1.807, 2.05) is 0 Å². The van der Waals surface area contributed by atoms with E-state index in [-0.39, 0.29) is 0 Å². The third kappa shape index (κ3) is 6.35. The Hall–Kier alpha value is -7.42. The summed E-state index contributed by atoms with van der Waals surface area (Å²) in [7, 11) is 0. The van der Waals surface area contributed by atoms with Gasteiger partial charge in [-0.2, -0.15) is 0 Å². The maximum absolute atomic E-state index is 2.42. The van der Waals surface area contributed by atoms with E-state index in [0.717, 1.165) is 33.9 Å². The maximum Gasteiger partial charge on any atom is 0.0542 e. The third-order valence-corrected chi connectivity index (χ3v) is 11.5. The number of hydrogen-bond donors (Lipinski definition) is 0. The molecule has 0 unspecified atom stereocenters. The molecule has 0 saturated carbocycles. The largest absolute Gasteiger partial charge is 0.314 e. The zero-order chi connectivity index (χ0) is 39.0. The molecule has 0 N–H and O–H groups in total. The minimum absolute atomic E-state index is 1.10. The second-order valence-corrected chi connectivity index (χ2v) is 15.1. The summed E-state index contributed by atoms with van der Waals surface area (Å²) < 4.78 is 2.41. The molecule has 0 amide bonds. The van der Waals surface area contributed by atoms with Crippen LogP contribution in [0.15, 0.2) is 224 Å². The van der Waals surface area contributed by atoms with E-state index < -0.39 is 0 Å². The molecule has 0 saturated heterocycles. The second-order valence-electron chi connectivity index (χ2n) is 15.1. The molecular weight excluding hydrogens is 701 g/mol. The van der Waals surface area contributed by atoms with Crippen LogP contribution in [-0.4, -0.2) is 4.57 Å². The van der Waals surface area contributed by atoms with Crippen molar-refractivity contribution in [2.75, 3.05) is 4.90 Å². The van der Waals surface area contributed by atoms with Crippen LogP contribution < -0.4 is 4.90 Å². The number of para-hydroxylation sites is 1. The summed E-state index contributed by atoms with van der Waals surface area (Å²) in [4.78, 5) is 2.42. The zero-order valence-corrected chi connectivity index (χ0v) is 32.7. The second kappa shape index (κ2) is 14.9. The highest BCUT2D eigenvalue weighted by molar-refractivity contribution is 6.15. The number of anilines is 2. The van der Waals surface area contributed by atoms with E-state index in [0.29, 0.717) is 0 Å². The highest BCUT2D eigenvalue weighted by atomic mass is 15.1. The van der Waals surface area contributed by atoms with Gasteiger partial charge in [0.25, 0.3) is 0 Å². The predicted octanol–water partition coefficient (Wildman–Crippen LogP) is 15.6. The Morgan fingerprint density at radius 1 is 0.431 bits per heavy atom. The molecule has 2 nitrogen and oxygen atoms in total. The molecule has 0 aliphatic heterocycles. The van der Waals surface area contributed by atoms with E-state index in [2.05, 4.69) is 242 Å². The van der Waals surface area contributed by atoms with Crippen LogP contribution in [0.4, 0.5) is 11.4 Å². The number of allylic oxidation sites excluding steroid dienone is 4. The van der Waals surface area contributed by atoms with E-state index in [9.17, 15) is 0 Å². The van der Waals surface area contributed by atoms with Gasteiger partial charge in [-0.1, -0.05) is 164 Å². The van der Waals surface area contributed by atoms with Crippen LogP contribution in [0.3, 0.4) is 0 Å². The van der Waals surface area contributed by atoms with Crippen molar-refractivity contribution < 1.29 is 0 Å². The van der Waals surface area contributed by atoms with Crippen molar-refractivity contribution in [2.45, 2.75) is 13.8 Å². The zero-order valence-electron chi connectivity index (χ0n) is 32.7. The first-order valence-electron chi connectivity index (χ1n) is 20.0. The molecule has 10 aromatic rings. The van der Waals surface area contributed by atoms with Gasteiger partial charge in [-0.3, -0.25) is 0 Å². The highest BCUT2D eigenvalue weighted by Gasteiger charge is 2.18. The van der Waals surface area contributed by atoms with Gasteiger partial charge in [0.2, 0.25) is 0 Å². The first-order chi connectivity index (χ1) is 28.6. The fourth-order valence-electron chi connectivity index (χ4n) is 8.59. The fourth-order valence-corrected chi connectivity index (χ4v) is 8.59. The number of fused-ring (bicyclic) bond motifs is 6. The lowest BCUT2D eigenvalue weighted by molar-refractivity contribution is 1.16. The minimum atomic E-state index is 1.10. The topological polar surface area (TPSA) is 8.17 Å². The van der Waals surface area contributed by atoms with Crippen molar-refractivity contribution in [3.63, 3.8) is 0 Å². The average Bonchev–Trinajstić information content (AvgIpc) is 3.62. The molecule has 0 atom stereocenters. The monoisotopic (exact) mass is 742 g/mol. The smallest absolute Gasteiger partial charge is 0.0542 e. The molecule has 0 radical (unpaired) electrons. The standard InChI is InChI=1S/C56H42N2/c1-39(41-16-5-3-6-17-41)30-31-40(2)57(55-29-15-21-44-33-32-43-20-9-10-26-50(43)56(44)55)48-24-13-22-45(36-48)46-23-14-25-49(37-46)58-53-28-12-11-27-51(53)52-38-47(34-35-54(52)58)42-18-7-4-8-19-42/h3-38H,1-2H3/b39-30+,40-31+. The molecule has 10 rings (SSSR count). The van der Waals surface area contributed by atoms with Gasteiger partial charge in [-0.25, -0.2) is 0 Å². The molecule has 0 fully saturated rings. The molecular formula is C56H42N2. The lowest BCUT2D eigenvalue weighted by Crippen LogP contribution is -2.15. The summed E-state index contributed by atoms with van der Waals surface area (Å²) in [6, 6.07) is 74.7. The van der Waals surface area contributed by atoms with Crippen LogP contribution in [0.1, 0.15) is 19.4 Å². The lowest BCUT2D eigenvalue weighted by Gasteiger charge is -2.28. The Morgan fingerprint density at radius 3 is 1.90 bits per heavy atom. The van der Waals surface area contributed by atoms with Crippen molar-refractivity contribution in [1.82, 2.24) is 4.57 Å². The summed E-state index contributed by atoms with van der Waals surface area (Å²) in [5.74, 6) is 0. The van der Waals surface area contributed by atoms with Crippen LogP contribution in [0.25, 0.3) is 76.9 Å². The molecule has 2 heteroatoms. The highest BCUT2D eigenvalue weighted by Crippen LogP contribution is 2.41. The first-order valence-corrected chi connectivity index (χ1v) is 20.0. The Balaban J connectivity index is 1.11. The third-order valence-electron chi connectivity index (χ3n) is 11.5. The Kier molecular flexibility index (Phi) is 9.01. The number of rotatable bonds is 8. The van der Waals surface area contributed by atoms with Crippen LogP contribution in [0.5, 0.6) is 0 Å². The number of hydrogen-bond acceptors (Lipinski definition) is 1. The van der Waals surface area contributed by atoms with Gasteiger partial charge in [-0.15, -0.1) is 0 Å². The number of nitrogens with zero attached hydrogens (tertiary/aromatic N) is 2. The molecule has 0 aliphatic rings. The first kappa shape index (κ1) is 35.0. The van der Waals surface area contributed by atoms with Crippen LogP contribution in [0, 0.1) is 0 Å². The predicted molar refractivity (Wildman–Crippen MR) is 249 cm³/mol. The maximum atomic E-state index is 2.42. The lowest BCUT2D eigenvalue weighted by atomic mass is 9.98. The van der Waals surface area contributed by atoms with Crippen molar-refractivity contribution in [2.24, 2.45) is 0 Å². The van der Waals surface area contributed by atoms with E-state index in [4.69, 9.17) is 0 Å².